The predicted octanol–water partition coefficient (Wildman–Crippen LogP) is 2.02. The lowest BCUT2D eigenvalue weighted by Crippen LogP contribution is -2.19. The Labute approximate surface area is 123 Å². The van der Waals surface area contributed by atoms with Crippen molar-refractivity contribution in [1.29, 1.82) is 0 Å². The number of Topliss-reactive ketones (excluding diaryl/α,β-unsaturated/α-hetero) is 1. The Hall–Kier alpha value is -2.43. The molecule has 0 fully saturated rings. The van der Waals surface area contributed by atoms with Gasteiger partial charge < -0.3 is 9.47 Å². The summed E-state index contributed by atoms with van der Waals surface area (Å²) in [6.07, 6.45) is 1.59. The second kappa shape index (κ2) is 7.99. The summed E-state index contributed by atoms with van der Waals surface area (Å²) in [5.41, 5.74) is 0.422. The maximum Gasteiger partial charge on any atom is 0.344 e. The van der Waals surface area contributed by atoms with Gasteiger partial charge in [0.25, 0.3) is 0 Å². The maximum atomic E-state index is 12.1. The molecule has 0 bridgehead atoms. The molecule has 1 rings (SSSR count). The van der Waals surface area contributed by atoms with Gasteiger partial charge in [0.15, 0.2) is 0 Å². The fourth-order valence-electron chi connectivity index (χ4n) is 1.86. The summed E-state index contributed by atoms with van der Waals surface area (Å²) in [7, 11) is 2.33. The average molecular weight is 290 g/mol. The summed E-state index contributed by atoms with van der Waals surface area (Å²) in [5.74, 6) is -2.45. The van der Waals surface area contributed by atoms with E-state index in [4.69, 9.17) is 0 Å². The van der Waals surface area contributed by atoms with Gasteiger partial charge >= 0.3 is 11.9 Å². The largest absolute Gasteiger partial charge is 0.465 e. The highest BCUT2D eigenvalue weighted by atomic mass is 16.5. The Balaban J connectivity index is 3.30. The summed E-state index contributed by atoms with van der Waals surface area (Å²) >= 11 is 0. The smallest absolute Gasteiger partial charge is 0.344 e. The van der Waals surface area contributed by atoms with Crippen molar-refractivity contribution in [2.75, 3.05) is 14.2 Å². The van der Waals surface area contributed by atoms with Gasteiger partial charge in [0.05, 0.1) is 20.1 Å². The number of allylic oxidation sites excluding steroid dienone is 1. The van der Waals surface area contributed by atoms with E-state index in [2.05, 4.69) is 9.47 Å². The number of methoxy groups -OCH3 is 2. The van der Waals surface area contributed by atoms with Crippen LogP contribution in [0.2, 0.25) is 0 Å². The molecule has 0 aliphatic carbocycles. The van der Waals surface area contributed by atoms with Crippen molar-refractivity contribution in [3.05, 3.63) is 47.5 Å². The van der Waals surface area contributed by atoms with Crippen LogP contribution in [0.15, 0.2) is 42.0 Å². The molecule has 1 unspecified atom stereocenters. The fourth-order valence-corrected chi connectivity index (χ4v) is 1.86. The van der Waals surface area contributed by atoms with E-state index in [0.717, 1.165) is 14.2 Å². The third-order valence-corrected chi connectivity index (χ3v) is 3.00. The minimum atomic E-state index is -0.827. The summed E-state index contributed by atoms with van der Waals surface area (Å²) < 4.78 is 9.13. The number of ketones is 1. The molecule has 5 nitrogen and oxygen atoms in total. The normalized spacial score (nSPS) is 11.2. The molecule has 1 aromatic rings. The van der Waals surface area contributed by atoms with Gasteiger partial charge in [-0.15, -0.1) is 0 Å². The van der Waals surface area contributed by atoms with Crippen molar-refractivity contribution in [2.24, 2.45) is 0 Å². The molecule has 0 saturated carbocycles. The molecule has 0 heterocycles. The minimum absolute atomic E-state index is 0.105. The molecule has 1 atom stereocenters. The molecular weight excluding hydrogens is 272 g/mol. The minimum Gasteiger partial charge on any atom is -0.465 e. The lowest BCUT2D eigenvalue weighted by atomic mass is 9.91. The van der Waals surface area contributed by atoms with Crippen LogP contribution < -0.4 is 0 Å². The van der Waals surface area contributed by atoms with Crippen LogP contribution in [0.5, 0.6) is 0 Å². The van der Waals surface area contributed by atoms with Crippen molar-refractivity contribution < 1.29 is 23.9 Å². The number of hydrogen-bond acceptors (Lipinski definition) is 5. The van der Waals surface area contributed by atoms with Crippen LogP contribution in [0, 0.1) is 0 Å². The first-order valence-corrected chi connectivity index (χ1v) is 6.51. The molecule has 112 valence electrons. The molecule has 0 aromatic heterocycles. The zero-order valence-corrected chi connectivity index (χ0v) is 12.3. The van der Waals surface area contributed by atoms with Gasteiger partial charge in [-0.1, -0.05) is 37.3 Å². The van der Waals surface area contributed by atoms with Crippen LogP contribution in [-0.2, 0) is 23.9 Å². The first kappa shape index (κ1) is 16.6. The van der Waals surface area contributed by atoms with Gasteiger partial charge in [0.2, 0.25) is 0 Å². The molecule has 0 spiro atoms. The third-order valence-electron chi connectivity index (χ3n) is 3.00. The first-order chi connectivity index (χ1) is 10.0. The number of benzene rings is 1. The van der Waals surface area contributed by atoms with Gasteiger partial charge in [-0.2, -0.15) is 0 Å². The van der Waals surface area contributed by atoms with Gasteiger partial charge in [-0.05, 0) is 11.6 Å². The number of carbonyl (C=O) groups excluding carboxylic acids is 3. The van der Waals surface area contributed by atoms with Crippen molar-refractivity contribution in [2.45, 2.75) is 19.3 Å². The molecule has 21 heavy (non-hydrogen) atoms. The molecule has 0 radical (unpaired) electrons. The Bertz CT molecular complexity index is 527. The third kappa shape index (κ3) is 4.27. The summed E-state index contributed by atoms with van der Waals surface area (Å²) in [6.45, 7) is 1.72. The van der Waals surface area contributed by atoms with E-state index in [1.165, 1.54) is 6.08 Å². The molecule has 0 aliphatic heterocycles. The monoisotopic (exact) mass is 290 g/mol. The number of hydrogen-bond donors (Lipinski definition) is 0. The summed E-state index contributed by atoms with van der Waals surface area (Å²) in [4.78, 5) is 35.5. The van der Waals surface area contributed by atoms with Crippen LogP contribution in [0.4, 0.5) is 0 Å². The Morgan fingerprint density at radius 2 is 1.57 bits per heavy atom. The number of ether oxygens (including phenoxy) is 2. The van der Waals surface area contributed by atoms with Crippen molar-refractivity contribution in [3.63, 3.8) is 0 Å². The standard InChI is InChI=1S/C16H18O5/c1-4-14(17)12(11-8-6-5-7-9-11)10-13(15(18)20-2)16(19)21-3/h5-10,12H,4H2,1-3H3. The average Bonchev–Trinajstić information content (AvgIpc) is 2.54. The van der Waals surface area contributed by atoms with E-state index in [9.17, 15) is 14.4 Å². The Morgan fingerprint density at radius 1 is 1.05 bits per heavy atom. The molecular formula is C16H18O5. The molecule has 0 saturated heterocycles. The number of esters is 2. The van der Waals surface area contributed by atoms with E-state index in [1.54, 1.807) is 31.2 Å². The van der Waals surface area contributed by atoms with E-state index < -0.39 is 17.9 Å². The lowest BCUT2D eigenvalue weighted by molar-refractivity contribution is -0.144. The highest BCUT2D eigenvalue weighted by Crippen LogP contribution is 2.22. The summed E-state index contributed by atoms with van der Waals surface area (Å²) in [6, 6.07) is 8.92. The topological polar surface area (TPSA) is 69.7 Å². The van der Waals surface area contributed by atoms with Gasteiger partial charge in [-0.3, -0.25) is 4.79 Å². The molecule has 1 aromatic carbocycles. The predicted molar refractivity (Wildman–Crippen MR) is 76.6 cm³/mol. The van der Waals surface area contributed by atoms with Crippen LogP contribution in [0.25, 0.3) is 0 Å². The van der Waals surface area contributed by atoms with Crippen LogP contribution in [-0.4, -0.2) is 31.9 Å². The van der Waals surface area contributed by atoms with Crippen LogP contribution in [0.3, 0.4) is 0 Å². The van der Waals surface area contributed by atoms with Gasteiger partial charge in [0.1, 0.15) is 11.4 Å². The molecule has 0 N–H and O–H groups in total. The summed E-state index contributed by atoms with van der Waals surface area (Å²) in [5, 5.41) is 0. The SMILES string of the molecule is CCC(=O)C(C=C(C(=O)OC)C(=O)OC)c1ccccc1. The van der Waals surface area contributed by atoms with E-state index in [0.29, 0.717) is 5.56 Å². The van der Waals surface area contributed by atoms with E-state index in [-0.39, 0.29) is 17.8 Å². The zero-order chi connectivity index (χ0) is 15.8. The van der Waals surface area contributed by atoms with Crippen molar-refractivity contribution in [3.8, 4) is 0 Å². The Morgan fingerprint density at radius 3 is 2.00 bits per heavy atom. The highest BCUT2D eigenvalue weighted by Gasteiger charge is 2.25. The fraction of sp³-hybridized carbons (Fsp3) is 0.312. The first-order valence-electron chi connectivity index (χ1n) is 6.51. The quantitative estimate of drug-likeness (QED) is 0.347. The van der Waals surface area contributed by atoms with Crippen LogP contribution in [0.1, 0.15) is 24.8 Å². The van der Waals surface area contributed by atoms with Crippen molar-refractivity contribution in [1.82, 2.24) is 0 Å². The number of carbonyl (C=O) groups is 3. The van der Waals surface area contributed by atoms with E-state index in [1.807, 2.05) is 6.07 Å². The molecule has 5 heteroatoms. The molecule has 0 aliphatic rings. The van der Waals surface area contributed by atoms with Gasteiger partial charge in [-0.25, -0.2) is 9.59 Å². The maximum absolute atomic E-state index is 12.1. The second-order valence-electron chi connectivity index (χ2n) is 4.27. The van der Waals surface area contributed by atoms with Gasteiger partial charge in [0, 0.05) is 6.42 Å². The highest BCUT2D eigenvalue weighted by molar-refractivity contribution is 6.14. The zero-order valence-electron chi connectivity index (χ0n) is 12.3. The van der Waals surface area contributed by atoms with Crippen LogP contribution >= 0.6 is 0 Å². The number of rotatable bonds is 6. The Kier molecular flexibility index (Phi) is 6.33. The van der Waals surface area contributed by atoms with Crippen molar-refractivity contribution >= 4 is 17.7 Å². The lowest BCUT2D eigenvalue weighted by Gasteiger charge is -2.13. The molecule has 0 amide bonds. The second-order valence-corrected chi connectivity index (χ2v) is 4.27. The van der Waals surface area contributed by atoms with E-state index >= 15 is 0 Å².